The van der Waals surface area contributed by atoms with Crippen molar-refractivity contribution in [3.63, 3.8) is 0 Å². The van der Waals surface area contributed by atoms with Crippen LogP contribution in [-0.4, -0.2) is 19.4 Å². The Morgan fingerprint density at radius 1 is 1.43 bits per heavy atom. The predicted molar refractivity (Wildman–Crippen MR) is 88.1 cm³/mol. The molecule has 0 fully saturated rings. The molecule has 1 aromatic heterocycles. The van der Waals surface area contributed by atoms with E-state index < -0.39 is 14.9 Å². The van der Waals surface area contributed by atoms with E-state index in [1.165, 1.54) is 6.07 Å². The zero-order chi connectivity index (χ0) is 16.8. The second-order valence-corrected chi connectivity index (χ2v) is 8.02. The Morgan fingerprint density at radius 2 is 2.17 bits per heavy atom. The van der Waals surface area contributed by atoms with Gasteiger partial charge < -0.3 is 4.90 Å². The third-order valence-electron chi connectivity index (χ3n) is 3.91. The number of nitrogens with zero attached hydrogens (tertiary/aromatic N) is 2. The maximum Gasteiger partial charge on any atom is 0.324 e. The fourth-order valence-corrected chi connectivity index (χ4v) is 4.11. The third-order valence-corrected chi connectivity index (χ3v) is 5.75. The lowest BCUT2D eigenvalue weighted by Gasteiger charge is -2.24. The smallest absolute Gasteiger partial charge is 0.324 e. The molecule has 0 spiro atoms. The normalized spacial score (nSPS) is 17.3. The van der Waals surface area contributed by atoms with Crippen LogP contribution in [0.5, 0.6) is 0 Å². The largest absolute Gasteiger partial charge is 0.364 e. The minimum absolute atomic E-state index is 0.108. The van der Waals surface area contributed by atoms with Gasteiger partial charge in [0.25, 0.3) is 0 Å². The molecule has 2 aromatic rings. The molecule has 0 radical (unpaired) electrons. The number of thiophene rings is 1. The van der Waals surface area contributed by atoms with Gasteiger partial charge in [0.05, 0.1) is 9.82 Å². The van der Waals surface area contributed by atoms with Crippen LogP contribution in [0.3, 0.4) is 0 Å². The molecule has 23 heavy (non-hydrogen) atoms. The van der Waals surface area contributed by atoms with Gasteiger partial charge in [-0.15, -0.1) is 0 Å². The summed E-state index contributed by atoms with van der Waals surface area (Å²) < 4.78 is 22.9. The summed E-state index contributed by atoms with van der Waals surface area (Å²) in [6, 6.07) is 6.61. The second kappa shape index (κ2) is 5.59. The van der Waals surface area contributed by atoms with Gasteiger partial charge in [0, 0.05) is 29.7 Å². The number of rotatable bonds is 4. The van der Waals surface area contributed by atoms with Gasteiger partial charge in [0.15, 0.2) is 0 Å². The Balaban J connectivity index is 1.89. The summed E-state index contributed by atoms with van der Waals surface area (Å²) in [5, 5.41) is 17.9. The van der Waals surface area contributed by atoms with Crippen LogP contribution in [0.25, 0.3) is 0 Å². The lowest BCUT2D eigenvalue weighted by molar-refractivity contribution is -0.380. The van der Waals surface area contributed by atoms with Gasteiger partial charge in [-0.1, -0.05) is 11.3 Å². The van der Waals surface area contributed by atoms with E-state index in [4.69, 9.17) is 5.14 Å². The van der Waals surface area contributed by atoms with Crippen molar-refractivity contribution in [2.75, 3.05) is 4.90 Å². The monoisotopic (exact) mass is 353 g/mol. The van der Waals surface area contributed by atoms with E-state index in [1.54, 1.807) is 23.6 Å². The second-order valence-electron chi connectivity index (χ2n) is 5.57. The Kier molecular flexibility index (Phi) is 3.86. The molecule has 9 heteroatoms. The van der Waals surface area contributed by atoms with Crippen LogP contribution in [0.15, 0.2) is 34.5 Å². The average Bonchev–Trinajstić information content (AvgIpc) is 3.03. The van der Waals surface area contributed by atoms with Crippen molar-refractivity contribution in [1.29, 1.82) is 0 Å². The molecule has 0 amide bonds. The molecule has 1 aliphatic rings. The number of hydrogen-bond acceptors (Lipinski definition) is 6. The molecule has 0 saturated carbocycles. The van der Waals surface area contributed by atoms with Crippen molar-refractivity contribution >= 4 is 32.0 Å². The van der Waals surface area contributed by atoms with Gasteiger partial charge >= 0.3 is 5.00 Å². The Hall–Kier alpha value is -1.97. The Morgan fingerprint density at radius 3 is 2.78 bits per heavy atom. The minimum Gasteiger partial charge on any atom is -0.364 e. The SMILES string of the molecule is CC1Cc2cc(S(N)(=O)=O)ccc2N1Cc1csc([N+](=O)[O-])c1. The fraction of sp³-hybridized carbons (Fsp3) is 0.286. The standard InChI is InChI=1S/C14H15N3O4S2/c1-9-4-11-6-12(23(15,20)21)2-3-13(11)16(9)7-10-5-14(17(18)19)22-8-10/h2-3,5-6,8-9H,4,7H2,1H3,(H2,15,20,21). The van der Waals surface area contributed by atoms with Gasteiger partial charge in [-0.25, -0.2) is 13.6 Å². The zero-order valence-corrected chi connectivity index (χ0v) is 13.9. The Labute approximate surface area is 137 Å². The maximum atomic E-state index is 11.5. The van der Waals surface area contributed by atoms with Crippen LogP contribution in [0.2, 0.25) is 0 Å². The number of nitrogens with two attached hydrogens (primary N) is 1. The summed E-state index contributed by atoms with van der Waals surface area (Å²) in [4.78, 5) is 12.6. The van der Waals surface area contributed by atoms with Crippen LogP contribution in [0.4, 0.5) is 10.7 Å². The van der Waals surface area contributed by atoms with E-state index in [9.17, 15) is 18.5 Å². The summed E-state index contributed by atoms with van der Waals surface area (Å²) in [6.45, 7) is 2.59. The first-order valence-corrected chi connectivity index (χ1v) is 9.32. The molecule has 1 atom stereocenters. The van der Waals surface area contributed by atoms with Crippen LogP contribution < -0.4 is 10.0 Å². The number of anilines is 1. The lowest BCUT2D eigenvalue weighted by Crippen LogP contribution is -2.28. The van der Waals surface area contributed by atoms with Crippen LogP contribution in [0.1, 0.15) is 18.1 Å². The Bertz CT molecular complexity index is 876. The molecular formula is C14H15N3O4S2. The minimum atomic E-state index is -3.72. The number of nitro groups is 1. The topological polar surface area (TPSA) is 107 Å². The average molecular weight is 353 g/mol. The van der Waals surface area contributed by atoms with E-state index in [0.29, 0.717) is 13.0 Å². The summed E-state index contributed by atoms with van der Waals surface area (Å²) in [5.41, 5.74) is 2.74. The summed E-state index contributed by atoms with van der Waals surface area (Å²) in [6.07, 6.45) is 0.713. The van der Waals surface area contributed by atoms with E-state index in [-0.39, 0.29) is 15.9 Å². The van der Waals surface area contributed by atoms with E-state index >= 15 is 0 Å². The third kappa shape index (κ3) is 3.07. The zero-order valence-electron chi connectivity index (χ0n) is 12.3. The highest BCUT2D eigenvalue weighted by atomic mass is 32.2. The number of primary sulfonamides is 1. The lowest BCUT2D eigenvalue weighted by atomic mass is 10.1. The number of fused-ring (bicyclic) bond motifs is 1. The highest BCUT2D eigenvalue weighted by Gasteiger charge is 2.28. The van der Waals surface area contributed by atoms with Crippen LogP contribution in [0, 0.1) is 10.1 Å². The summed E-state index contributed by atoms with van der Waals surface area (Å²) >= 11 is 1.11. The molecule has 2 heterocycles. The summed E-state index contributed by atoms with van der Waals surface area (Å²) in [7, 11) is -3.72. The predicted octanol–water partition coefficient (Wildman–Crippen LogP) is 2.25. The molecule has 122 valence electrons. The quantitative estimate of drug-likeness (QED) is 0.670. The van der Waals surface area contributed by atoms with Crippen molar-refractivity contribution in [2.45, 2.75) is 30.8 Å². The first kappa shape index (κ1) is 15.9. The van der Waals surface area contributed by atoms with Gasteiger partial charge in [0.2, 0.25) is 10.0 Å². The fourth-order valence-electron chi connectivity index (χ4n) is 2.83. The first-order valence-electron chi connectivity index (χ1n) is 6.90. The van der Waals surface area contributed by atoms with Crippen LogP contribution >= 0.6 is 11.3 Å². The van der Waals surface area contributed by atoms with E-state index in [0.717, 1.165) is 28.2 Å². The number of benzene rings is 1. The maximum absolute atomic E-state index is 11.5. The summed E-state index contributed by atoms with van der Waals surface area (Å²) in [5.74, 6) is 0. The first-order chi connectivity index (χ1) is 10.8. The van der Waals surface area contributed by atoms with E-state index in [2.05, 4.69) is 4.90 Å². The molecule has 0 bridgehead atoms. The highest BCUT2D eigenvalue weighted by molar-refractivity contribution is 7.89. The number of sulfonamides is 1. The van der Waals surface area contributed by atoms with Gasteiger partial charge in [-0.2, -0.15) is 0 Å². The van der Waals surface area contributed by atoms with Gasteiger partial charge in [-0.05, 0) is 42.7 Å². The van der Waals surface area contributed by atoms with E-state index in [1.807, 2.05) is 6.92 Å². The molecule has 3 rings (SSSR count). The van der Waals surface area contributed by atoms with Crippen molar-refractivity contribution in [1.82, 2.24) is 0 Å². The van der Waals surface area contributed by atoms with Crippen molar-refractivity contribution < 1.29 is 13.3 Å². The highest BCUT2D eigenvalue weighted by Crippen LogP contribution is 2.35. The van der Waals surface area contributed by atoms with Crippen molar-refractivity contribution in [3.05, 3.63) is 50.9 Å². The molecule has 1 unspecified atom stereocenters. The van der Waals surface area contributed by atoms with Crippen LogP contribution in [-0.2, 0) is 23.0 Å². The molecule has 0 aliphatic carbocycles. The molecule has 2 N–H and O–H groups in total. The number of hydrogen-bond donors (Lipinski definition) is 1. The molecule has 7 nitrogen and oxygen atoms in total. The van der Waals surface area contributed by atoms with Crippen molar-refractivity contribution in [2.24, 2.45) is 5.14 Å². The van der Waals surface area contributed by atoms with Crippen molar-refractivity contribution in [3.8, 4) is 0 Å². The molecule has 0 saturated heterocycles. The molecular weight excluding hydrogens is 338 g/mol. The molecule has 1 aliphatic heterocycles. The van der Waals surface area contributed by atoms with Gasteiger partial charge in [0.1, 0.15) is 0 Å². The molecule has 1 aromatic carbocycles. The van der Waals surface area contributed by atoms with Gasteiger partial charge in [-0.3, -0.25) is 10.1 Å².